The van der Waals surface area contributed by atoms with Crippen molar-refractivity contribution in [3.63, 3.8) is 0 Å². The number of hydrogen-bond acceptors (Lipinski definition) is 4. The number of hydrogen-bond donors (Lipinski definition) is 2. The summed E-state index contributed by atoms with van der Waals surface area (Å²) in [6.07, 6.45) is 2.55. The second-order valence-electron chi connectivity index (χ2n) is 5.14. The molecule has 23 heavy (non-hydrogen) atoms. The highest BCUT2D eigenvalue weighted by Gasteiger charge is 2.21. The van der Waals surface area contributed by atoms with Gasteiger partial charge in [0.05, 0.1) is 12.6 Å². The minimum absolute atomic E-state index is 0.0243. The predicted octanol–water partition coefficient (Wildman–Crippen LogP) is 1.37. The maximum atomic E-state index is 12.8. The molecule has 0 fully saturated rings. The molecule has 0 heterocycles. The Bertz CT molecular complexity index is 511. The van der Waals surface area contributed by atoms with Crippen LogP contribution in [-0.4, -0.2) is 47.9 Å². The average Bonchev–Trinajstić information content (AvgIpc) is 2.56. The second kappa shape index (κ2) is 10.2. The number of nitrogens with one attached hydrogen (secondary N) is 1. The summed E-state index contributed by atoms with van der Waals surface area (Å²) in [5.41, 5.74) is 6.66. The normalized spacial score (nSPS) is 11.8. The van der Waals surface area contributed by atoms with Crippen LogP contribution in [0.1, 0.15) is 18.9 Å². The first-order chi connectivity index (χ1) is 11.0. The molecule has 0 radical (unpaired) electrons. The molecule has 3 N–H and O–H groups in total. The van der Waals surface area contributed by atoms with E-state index in [0.29, 0.717) is 19.5 Å². The van der Waals surface area contributed by atoms with Gasteiger partial charge in [-0.1, -0.05) is 12.1 Å². The maximum Gasteiger partial charge on any atom is 0.239 e. The SMILES string of the molecule is CCN(CC(=O)NCc1ccc(F)cc1)C(=O)[C@@H](N)CCSC. The van der Waals surface area contributed by atoms with Crippen molar-refractivity contribution < 1.29 is 14.0 Å². The van der Waals surface area contributed by atoms with Crippen LogP contribution < -0.4 is 11.1 Å². The first kappa shape index (κ1) is 19.4. The topological polar surface area (TPSA) is 75.4 Å². The zero-order valence-electron chi connectivity index (χ0n) is 13.5. The van der Waals surface area contributed by atoms with Gasteiger partial charge in [0.15, 0.2) is 0 Å². The first-order valence-electron chi connectivity index (χ1n) is 7.52. The molecule has 1 aromatic carbocycles. The van der Waals surface area contributed by atoms with Gasteiger partial charge in [-0.05, 0) is 43.0 Å². The molecule has 0 spiro atoms. The lowest BCUT2D eigenvalue weighted by molar-refractivity contribution is -0.137. The summed E-state index contributed by atoms with van der Waals surface area (Å²) in [7, 11) is 0. The summed E-state index contributed by atoms with van der Waals surface area (Å²) in [6, 6.07) is 5.32. The van der Waals surface area contributed by atoms with E-state index < -0.39 is 6.04 Å². The van der Waals surface area contributed by atoms with Crippen molar-refractivity contribution in [2.45, 2.75) is 25.9 Å². The van der Waals surface area contributed by atoms with E-state index in [-0.39, 0.29) is 24.2 Å². The number of nitrogens with two attached hydrogens (primary N) is 1. The smallest absolute Gasteiger partial charge is 0.239 e. The lowest BCUT2D eigenvalue weighted by atomic mass is 10.2. The molecule has 0 bridgehead atoms. The van der Waals surface area contributed by atoms with Gasteiger partial charge in [-0.15, -0.1) is 0 Å². The lowest BCUT2D eigenvalue weighted by Crippen LogP contribution is -2.47. The summed E-state index contributed by atoms with van der Waals surface area (Å²) in [5, 5.41) is 2.72. The second-order valence-corrected chi connectivity index (χ2v) is 6.13. The van der Waals surface area contributed by atoms with Gasteiger partial charge in [0.25, 0.3) is 0 Å². The Morgan fingerprint density at radius 1 is 1.35 bits per heavy atom. The summed E-state index contributed by atoms with van der Waals surface area (Å²) in [6.45, 7) is 2.51. The van der Waals surface area contributed by atoms with Gasteiger partial charge in [-0.25, -0.2) is 4.39 Å². The highest BCUT2D eigenvalue weighted by Crippen LogP contribution is 2.04. The van der Waals surface area contributed by atoms with Gasteiger partial charge in [0, 0.05) is 13.1 Å². The molecule has 5 nitrogen and oxygen atoms in total. The van der Waals surface area contributed by atoms with E-state index in [1.165, 1.54) is 17.0 Å². The number of carbonyl (C=O) groups excluding carboxylic acids is 2. The molecule has 0 saturated heterocycles. The highest BCUT2D eigenvalue weighted by molar-refractivity contribution is 7.98. The Morgan fingerprint density at radius 3 is 2.57 bits per heavy atom. The van der Waals surface area contributed by atoms with Gasteiger partial charge < -0.3 is 16.0 Å². The summed E-state index contributed by atoms with van der Waals surface area (Å²) in [4.78, 5) is 25.6. The van der Waals surface area contributed by atoms with E-state index in [1.807, 2.05) is 13.2 Å². The summed E-state index contributed by atoms with van der Waals surface area (Å²) < 4.78 is 12.8. The number of likely N-dealkylation sites (N-methyl/N-ethyl adjacent to an activating group) is 1. The quantitative estimate of drug-likeness (QED) is 0.711. The fourth-order valence-electron chi connectivity index (χ4n) is 1.98. The van der Waals surface area contributed by atoms with E-state index >= 15 is 0 Å². The van der Waals surface area contributed by atoms with Crippen molar-refractivity contribution in [1.82, 2.24) is 10.2 Å². The minimum atomic E-state index is -0.577. The summed E-state index contributed by atoms with van der Waals surface area (Å²) >= 11 is 1.63. The van der Waals surface area contributed by atoms with Crippen molar-refractivity contribution in [2.75, 3.05) is 25.1 Å². The third kappa shape index (κ3) is 7.00. The number of rotatable bonds is 9. The molecule has 1 aromatic rings. The van der Waals surface area contributed by atoms with Crippen LogP contribution in [0, 0.1) is 5.82 Å². The van der Waals surface area contributed by atoms with Crippen molar-refractivity contribution in [3.05, 3.63) is 35.6 Å². The molecule has 1 atom stereocenters. The number of nitrogens with zero attached hydrogens (tertiary/aromatic N) is 1. The van der Waals surface area contributed by atoms with Gasteiger partial charge in [-0.2, -0.15) is 11.8 Å². The standard InChI is InChI=1S/C16H24FN3O2S/c1-3-20(16(22)14(18)8-9-23-2)11-15(21)19-10-12-4-6-13(17)7-5-12/h4-7,14H,3,8-11,18H2,1-2H3,(H,19,21)/t14-/m0/s1. The molecule has 0 unspecified atom stereocenters. The van der Waals surface area contributed by atoms with E-state index in [0.717, 1.165) is 11.3 Å². The number of thioether (sulfide) groups is 1. The Hall–Kier alpha value is -1.60. The number of carbonyl (C=O) groups is 2. The Balaban J connectivity index is 2.46. The van der Waals surface area contributed by atoms with E-state index in [2.05, 4.69) is 5.32 Å². The van der Waals surface area contributed by atoms with Crippen molar-refractivity contribution >= 4 is 23.6 Å². The van der Waals surface area contributed by atoms with Crippen LogP contribution in [0.15, 0.2) is 24.3 Å². The number of halogens is 1. The molecule has 0 aliphatic carbocycles. The lowest BCUT2D eigenvalue weighted by Gasteiger charge is -2.23. The van der Waals surface area contributed by atoms with Gasteiger partial charge in [-0.3, -0.25) is 9.59 Å². The highest BCUT2D eigenvalue weighted by atomic mass is 32.2. The first-order valence-corrected chi connectivity index (χ1v) is 8.91. The Morgan fingerprint density at radius 2 is 2.00 bits per heavy atom. The van der Waals surface area contributed by atoms with Gasteiger partial charge in [0.1, 0.15) is 5.82 Å². The number of amides is 2. The predicted molar refractivity (Wildman–Crippen MR) is 91.5 cm³/mol. The van der Waals surface area contributed by atoms with Crippen LogP contribution in [0.2, 0.25) is 0 Å². The molecule has 7 heteroatoms. The van der Waals surface area contributed by atoms with Crippen molar-refractivity contribution in [1.29, 1.82) is 0 Å². The molecular formula is C16H24FN3O2S. The summed E-state index contributed by atoms with van der Waals surface area (Å²) in [5.74, 6) is 0.0171. The van der Waals surface area contributed by atoms with Gasteiger partial charge >= 0.3 is 0 Å². The van der Waals surface area contributed by atoms with Crippen molar-refractivity contribution in [3.8, 4) is 0 Å². The molecule has 0 aromatic heterocycles. The largest absolute Gasteiger partial charge is 0.350 e. The zero-order chi connectivity index (χ0) is 17.2. The third-order valence-corrected chi connectivity index (χ3v) is 4.02. The van der Waals surface area contributed by atoms with Crippen molar-refractivity contribution in [2.24, 2.45) is 5.73 Å². The van der Waals surface area contributed by atoms with E-state index in [1.54, 1.807) is 23.9 Å². The van der Waals surface area contributed by atoms with Crippen LogP contribution in [0.25, 0.3) is 0 Å². The van der Waals surface area contributed by atoms with E-state index in [9.17, 15) is 14.0 Å². The molecule has 0 aliphatic heterocycles. The van der Waals surface area contributed by atoms with E-state index in [4.69, 9.17) is 5.73 Å². The molecule has 128 valence electrons. The van der Waals surface area contributed by atoms with Crippen LogP contribution in [0.4, 0.5) is 4.39 Å². The van der Waals surface area contributed by atoms with Crippen LogP contribution >= 0.6 is 11.8 Å². The molecule has 2 amide bonds. The van der Waals surface area contributed by atoms with Crippen LogP contribution in [0.5, 0.6) is 0 Å². The van der Waals surface area contributed by atoms with Gasteiger partial charge in [0.2, 0.25) is 11.8 Å². The minimum Gasteiger partial charge on any atom is -0.350 e. The zero-order valence-corrected chi connectivity index (χ0v) is 14.4. The Kier molecular flexibility index (Phi) is 8.65. The van der Waals surface area contributed by atoms with Crippen LogP contribution in [0.3, 0.4) is 0 Å². The molecule has 0 aliphatic rings. The maximum absolute atomic E-state index is 12.8. The molecule has 0 saturated carbocycles. The molecular weight excluding hydrogens is 317 g/mol. The fourth-order valence-corrected chi connectivity index (χ4v) is 2.47. The monoisotopic (exact) mass is 341 g/mol. The fraction of sp³-hybridized carbons (Fsp3) is 0.500. The third-order valence-electron chi connectivity index (χ3n) is 3.38. The molecule has 1 rings (SSSR count). The number of benzene rings is 1. The Labute approximate surface area is 140 Å². The average molecular weight is 341 g/mol. The van der Waals surface area contributed by atoms with Crippen LogP contribution in [-0.2, 0) is 16.1 Å².